The summed E-state index contributed by atoms with van der Waals surface area (Å²) in [4.78, 5) is 36.8. The first kappa shape index (κ1) is 14.1. The van der Waals surface area contributed by atoms with E-state index in [2.05, 4.69) is 0 Å². The van der Waals surface area contributed by atoms with E-state index in [1.54, 1.807) is 5.38 Å². The average molecular weight is 299 g/mol. The van der Waals surface area contributed by atoms with Gasteiger partial charge >= 0.3 is 5.97 Å². The molecule has 0 aromatic carbocycles. The van der Waals surface area contributed by atoms with Crippen molar-refractivity contribution in [3.63, 3.8) is 0 Å². The third-order valence-corrected chi connectivity index (χ3v) is 4.94. The van der Waals surface area contributed by atoms with Gasteiger partial charge in [0.25, 0.3) is 0 Å². The van der Waals surface area contributed by atoms with Crippen molar-refractivity contribution in [1.82, 2.24) is 4.90 Å². The van der Waals surface area contributed by atoms with Crippen molar-refractivity contribution < 1.29 is 19.5 Å². The number of carbonyl (C=O) groups is 3. The Morgan fingerprint density at radius 2 is 2.32 bits per heavy atom. The second kappa shape index (κ2) is 5.75. The molecule has 2 heterocycles. The van der Waals surface area contributed by atoms with Gasteiger partial charge in [0.1, 0.15) is 4.88 Å². The fraction of sp³-hybridized carbons (Fsp3) is 0.417. The minimum Gasteiger partial charge on any atom is -0.477 e. The van der Waals surface area contributed by atoms with E-state index in [4.69, 9.17) is 5.11 Å². The molecule has 2 amide bonds. The number of carboxylic acid groups (broad SMARTS) is 1. The molecular weight excluding hydrogens is 286 g/mol. The molecule has 0 bridgehead atoms. The van der Waals surface area contributed by atoms with Crippen LogP contribution < -0.4 is 0 Å². The van der Waals surface area contributed by atoms with Gasteiger partial charge in [0.2, 0.25) is 11.8 Å². The number of hydrogen-bond acceptors (Lipinski definition) is 5. The summed E-state index contributed by atoms with van der Waals surface area (Å²) in [6.45, 7) is 2.37. The number of imide groups is 1. The van der Waals surface area contributed by atoms with Crippen molar-refractivity contribution >= 4 is 40.9 Å². The van der Waals surface area contributed by atoms with Gasteiger partial charge in [-0.1, -0.05) is 6.92 Å². The van der Waals surface area contributed by atoms with E-state index < -0.39 is 11.2 Å². The minimum absolute atomic E-state index is 0.141. The number of rotatable bonds is 5. The van der Waals surface area contributed by atoms with Gasteiger partial charge < -0.3 is 5.11 Å². The molecular formula is C12H13NO4S2. The zero-order chi connectivity index (χ0) is 14.0. The Bertz CT molecular complexity index is 526. The number of carbonyl (C=O) groups excluding carboxylic acids is 2. The molecule has 7 heteroatoms. The molecule has 0 spiro atoms. The molecule has 1 fully saturated rings. The van der Waals surface area contributed by atoms with E-state index in [9.17, 15) is 14.4 Å². The molecule has 0 saturated carbocycles. The molecule has 102 valence electrons. The van der Waals surface area contributed by atoms with E-state index in [1.807, 2.05) is 6.92 Å². The average Bonchev–Trinajstić information content (AvgIpc) is 2.91. The van der Waals surface area contributed by atoms with Gasteiger partial charge in [0.05, 0.1) is 5.25 Å². The first-order chi connectivity index (χ1) is 9.02. The Labute approximate surface area is 118 Å². The van der Waals surface area contributed by atoms with Gasteiger partial charge in [-0.3, -0.25) is 14.5 Å². The highest BCUT2D eigenvalue weighted by Gasteiger charge is 2.38. The number of aromatic carboxylic acids is 1. The number of carboxylic acids is 1. The highest BCUT2D eigenvalue weighted by Crippen LogP contribution is 2.34. The number of thiophene rings is 1. The van der Waals surface area contributed by atoms with Crippen LogP contribution >= 0.6 is 23.1 Å². The third kappa shape index (κ3) is 2.98. The molecule has 0 aliphatic carbocycles. The van der Waals surface area contributed by atoms with E-state index in [0.29, 0.717) is 6.54 Å². The van der Waals surface area contributed by atoms with Crippen molar-refractivity contribution in [1.29, 1.82) is 0 Å². The summed E-state index contributed by atoms with van der Waals surface area (Å²) in [5.41, 5.74) is 0. The number of thioether (sulfide) groups is 1. The summed E-state index contributed by atoms with van der Waals surface area (Å²) in [7, 11) is 0. The Morgan fingerprint density at radius 3 is 2.89 bits per heavy atom. The number of amides is 2. The summed E-state index contributed by atoms with van der Waals surface area (Å²) >= 11 is 2.39. The molecule has 1 aliphatic rings. The van der Waals surface area contributed by atoms with Crippen LogP contribution in [0.1, 0.15) is 29.4 Å². The molecule has 2 rings (SSSR count). The van der Waals surface area contributed by atoms with E-state index in [-0.39, 0.29) is 23.1 Å². The van der Waals surface area contributed by atoms with Crippen LogP contribution in [0.3, 0.4) is 0 Å². The van der Waals surface area contributed by atoms with E-state index in [1.165, 1.54) is 22.7 Å². The monoisotopic (exact) mass is 299 g/mol. The van der Waals surface area contributed by atoms with Gasteiger partial charge in [-0.15, -0.1) is 23.1 Å². The first-order valence-corrected chi connectivity index (χ1v) is 7.61. The van der Waals surface area contributed by atoms with E-state index in [0.717, 1.165) is 22.7 Å². The van der Waals surface area contributed by atoms with Crippen molar-refractivity contribution in [2.75, 3.05) is 6.54 Å². The summed E-state index contributed by atoms with van der Waals surface area (Å²) in [6.07, 6.45) is 0.943. The third-order valence-electron chi connectivity index (χ3n) is 2.71. The fourth-order valence-corrected chi connectivity index (χ4v) is 3.88. The Hall–Kier alpha value is -1.34. The smallest absolute Gasteiger partial charge is 0.345 e. The van der Waals surface area contributed by atoms with Crippen LogP contribution in [0.5, 0.6) is 0 Å². The SMILES string of the molecule is CCCN1C(=O)CC(Sc2csc(C(=O)O)c2)C1=O. The lowest BCUT2D eigenvalue weighted by atomic mass is 10.4. The maximum Gasteiger partial charge on any atom is 0.345 e. The number of likely N-dealkylation sites (tertiary alicyclic amines) is 1. The lowest BCUT2D eigenvalue weighted by Gasteiger charge is -2.12. The Kier molecular flexibility index (Phi) is 4.26. The van der Waals surface area contributed by atoms with Crippen LogP contribution in [0.25, 0.3) is 0 Å². The van der Waals surface area contributed by atoms with Crippen molar-refractivity contribution in [3.05, 3.63) is 16.3 Å². The highest BCUT2D eigenvalue weighted by molar-refractivity contribution is 8.00. The second-order valence-electron chi connectivity index (χ2n) is 4.15. The Balaban J connectivity index is 2.05. The van der Waals surface area contributed by atoms with Crippen LogP contribution in [-0.2, 0) is 9.59 Å². The molecule has 1 unspecified atom stereocenters. The number of hydrogen-bond donors (Lipinski definition) is 1. The van der Waals surface area contributed by atoms with Crippen LogP contribution in [0.2, 0.25) is 0 Å². The summed E-state index contributed by atoms with van der Waals surface area (Å²) in [5, 5.41) is 10.1. The molecule has 0 radical (unpaired) electrons. The molecule has 5 nitrogen and oxygen atoms in total. The maximum absolute atomic E-state index is 12.0. The zero-order valence-corrected chi connectivity index (χ0v) is 11.9. The summed E-state index contributed by atoms with van der Waals surface area (Å²) < 4.78 is 0. The number of nitrogens with zero attached hydrogens (tertiary/aromatic N) is 1. The fourth-order valence-electron chi connectivity index (χ4n) is 1.86. The molecule has 1 N–H and O–H groups in total. The topological polar surface area (TPSA) is 74.7 Å². The quantitative estimate of drug-likeness (QED) is 0.843. The normalized spacial score (nSPS) is 19.2. The highest BCUT2D eigenvalue weighted by atomic mass is 32.2. The first-order valence-electron chi connectivity index (χ1n) is 5.85. The summed E-state index contributed by atoms with van der Waals surface area (Å²) in [6, 6.07) is 1.54. The molecule has 1 aromatic rings. The van der Waals surface area contributed by atoms with Crippen LogP contribution in [0.4, 0.5) is 0 Å². The zero-order valence-electron chi connectivity index (χ0n) is 10.3. The molecule has 1 aromatic heterocycles. The maximum atomic E-state index is 12.0. The van der Waals surface area contributed by atoms with Crippen molar-refractivity contribution in [2.24, 2.45) is 0 Å². The predicted octanol–water partition coefficient (Wildman–Crippen LogP) is 2.08. The summed E-state index contributed by atoms with van der Waals surface area (Å²) in [5.74, 6) is -1.28. The van der Waals surface area contributed by atoms with Gasteiger partial charge in [0, 0.05) is 23.2 Å². The second-order valence-corrected chi connectivity index (χ2v) is 6.33. The van der Waals surface area contributed by atoms with Crippen LogP contribution in [-0.4, -0.2) is 39.6 Å². The van der Waals surface area contributed by atoms with Gasteiger partial charge in [0.15, 0.2) is 0 Å². The molecule has 1 aliphatic heterocycles. The lowest BCUT2D eigenvalue weighted by Crippen LogP contribution is -2.31. The lowest BCUT2D eigenvalue weighted by molar-refractivity contribution is -0.138. The predicted molar refractivity (Wildman–Crippen MR) is 72.6 cm³/mol. The van der Waals surface area contributed by atoms with Crippen LogP contribution in [0, 0.1) is 0 Å². The van der Waals surface area contributed by atoms with Gasteiger partial charge in [-0.05, 0) is 12.5 Å². The standard InChI is InChI=1S/C12H13NO4S2/c1-2-3-13-10(14)5-8(11(13)15)19-7-4-9(12(16)17)18-6-7/h4,6,8H,2-3,5H2,1H3,(H,16,17). The van der Waals surface area contributed by atoms with Gasteiger partial charge in [-0.25, -0.2) is 4.79 Å². The van der Waals surface area contributed by atoms with E-state index >= 15 is 0 Å². The minimum atomic E-state index is -0.974. The molecule has 1 atom stereocenters. The van der Waals surface area contributed by atoms with Crippen molar-refractivity contribution in [2.45, 2.75) is 29.9 Å². The van der Waals surface area contributed by atoms with Crippen LogP contribution in [0.15, 0.2) is 16.3 Å². The molecule has 19 heavy (non-hydrogen) atoms. The molecule has 1 saturated heterocycles. The Morgan fingerprint density at radius 1 is 1.58 bits per heavy atom. The van der Waals surface area contributed by atoms with Gasteiger partial charge in [-0.2, -0.15) is 0 Å². The largest absolute Gasteiger partial charge is 0.477 e. The van der Waals surface area contributed by atoms with Crippen molar-refractivity contribution in [3.8, 4) is 0 Å².